The predicted molar refractivity (Wildman–Crippen MR) is 107 cm³/mol. The van der Waals surface area contributed by atoms with Crippen molar-refractivity contribution in [3.63, 3.8) is 0 Å². The van der Waals surface area contributed by atoms with Gasteiger partial charge in [0.2, 0.25) is 5.91 Å². The van der Waals surface area contributed by atoms with E-state index in [0.717, 1.165) is 12.1 Å². The number of amides is 1. The molecule has 0 spiro atoms. The van der Waals surface area contributed by atoms with Crippen LogP contribution in [0.4, 0.5) is 28.9 Å². The molecule has 13 heteroatoms. The second-order valence-electron chi connectivity index (χ2n) is 6.55. The number of halogens is 4. The molecule has 1 heterocycles. The van der Waals surface area contributed by atoms with Crippen molar-refractivity contribution in [3.8, 4) is 17.2 Å². The number of hydrogen-bond acceptors (Lipinski definition) is 6. The fourth-order valence-corrected chi connectivity index (χ4v) is 2.80. The second kappa shape index (κ2) is 9.97. The molecule has 174 valence electrons. The lowest BCUT2D eigenvalue weighted by Crippen LogP contribution is -2.21. The molecule has 9 nitrogen and oxygen atoms in total. The number of rotatable bonds is 9. The lowest BCUT2D eigenvalue weighted by atomic mass is 10.2. The minimum Gasteiger partial charge on any atom is -0.497 e. The molecule has 3 aromatic rings. The summed E-state index contributed by atoms with van der Waals surface area (Å²) < 4.78 is 62.8. The molecule has 0 aliphatic rings. The van der Waals surface area contributed by atoms with Gasteiger partial charge in [0.25, 0.3) is 18.5 Å². The first-order chi connectivity index (χ1) is 15.7. The van der Waals surface area contributed by atoms with E-state index < -0.39 is 47.3 Å². The van der Waals surface area contributed by atoms with E-state index in [-0.39, 0.29) is 11.4 Å². The molecule has 1 N–H and O–H groups in total. The number of non-ortho nitro benzene ring substituents is 1. The molecule has 0 radical (unpaired) electrons. The Kier molecular flexibility index (Phi) is 7.10. The van der Waals surface area contributed by atoms with Gasteiger partial charge in [-0.05, 0) is 30.3 Å². The third kappa shape index (κ3) is 5.96. The summed E-state index contributed by atoms with van der Waals surface area (Å²) in [6.45, 7) is -0.816. The Hall–Kier alpha value is -4.16. The average Bonchev–Trinajstić information content (AvgIpc) is 3.18. The maximum absolute atomic E-state index is 13.1. The highest BCUT2D eigenvalue weighted by Crippen LogP contribution is 2.31. The Labute approximate surface area is 183 Å². The van der Waals surface area contributed by atoms with Crippen molar-refractivity contribution in [2.75, 3.05) is 12.4 Å². The topological polar surface area (TPSA) is 109 Å². The Morgan fingerprint density at radius 2 is 1.73 bits per heavy atom. The van der Waals surface area contributed by atoms with Crippen LogP contribution in [-0.4, -0.2) is 27.7 Å². The Morgan fingerprint density at radius 3 is 2.30 bits per heavy atom. The predicted octanol–water partition coefficient (Wildman–Crippen LogP) is 5.11. The molecule has 0 aliphatic heterocycles. The summed E-state index contributed by atoms with van der Waals surface area (Å²) in [5.74, 6) is -0.0222. The summed E-state index contributed by atoms with van der Waals surface area (Å²) in [6, 6.07) is 10.3. The number of anilines is 1. The smallest absolute Gasteiger partial charge is 0.282 e. The summed E-state index contributed by atoms with van der Waals surface area (Å²) in [6.07, 6.45) is -6.23. The monoisotopic (exact) mass is 468 g/mol. The molecule has 0 saturated carbocycles. The highest BCUT2D eigenvalue weighted by Gasteiger charge is 2.23. The number of nitro groups is 1. The van der Waals surface area contributed by atoms with E-state index >= 15 is 0 Å². The zero-order chi connectivity index (χ0) is 24.1. The maximum atomic E-state index is 13.1. The van der Waals surface area contributed by atoms with Gasteiger partial charge < -0.3 is 14.8 Å². The number of alkyl halides is 4. The molecule has 33 heavy (non-hydrogen) atoms. The zero-order valence-electron chi connectivity index (χ0n) is 16.9. The van der Waals surface area contributed by atoms with Crippen molar-refractivity contribution >= 4 is 17.3 Å². The quantitative estimate of drug-likeness (QED) is 0.266. The summed E-state index contributed by atoms with van der Waals surface area (Å²) >= 11 is 0. The second-order valence-corrected chi connectivity index (χ2v) is 6.55. The molecular formula is C20H16F4N4O5. The van der Waals surface area contributed by atoms with Crippen molar-refractivity contribution in [2.24, 2.45) is 0 Å². The number of ether oxygens (including phenoxy) is 2. The first-order valence-electron chi connectivity index (χ1n) is 9.21. The summed E-state index contributed by atoms with van der Waals surface area (Å²) in [5.41, 5.74) is -2.24. The van der Waals surface area contributed by atoms with E-state index in [2.05, 4.69) is 10.4 Å². The van der Waals surface area contributed by atoms with Gasteiger partial charge in [-0.2, -0.15) is 5.10 Å². The van der Waals surface area contributed by atoms with E-state index in [9.17, 15) is 32.5 Å². The SMILES string of the molecule is COc1ccc(Oc2cc(NC(=O)Cn3nc(C(F)F)cc3C(F)F)cc([N+](=O)[O-])c2)cc1. The van der Waals surface area contributed by atoms with Crippen LogP contribution in [0.2, 0.25) is 0 Å². The number of carbonyl (C=O) groups excluding carboxylic acids is 1. The molecule has 1 amide bonds. The largest absolute Gasteiger partial charge is 0.497 e. The van der Waals surface area contributed by atoms with Crippen LogP contribution in [0.15, 0.2) is 48.5 Å². The van der Waals surface area contributed by atoms with Crippen molar-refractivity contribution in [3.05, 3.63) is 70.0 Å². The number of nitrogens with zero attached hydrogens (tertiary/aromatic N) is 3. The van der Waals surface area contributed by atoms with Gasteiger partial charge in [-0.25, -0.2) is 17.6 Å². The fraction of sp³-hybridized carbons (Fsp3) is 0.200. The Morgan fingerprint density at radius 1 is 1.06 bits per heavy atom. The molecule has 2 aromatic carbocycles. The van der Waals surface area contributed by atoms with Gasteiger partial charge in [-0.15, -0.1) is 0 Å². The van der Waals surface area contributed by atoms with Crippen molar-refractivity contribution in [1.29, 1.82) is 0 Å². The van der Waals surface area contributed by atoms with Gasteiger partial charge in [-0.1, -0.05) is 0 Å². The highest BCUT2D eigenvalue weighted by molar-refractivity contribution is 5.91. The van der Waals surface area contributed by atoms with E-state index in [0.29, 0.717) is 22.2 Å². The Balaban J connectivity index is 1.81. The van der Waals surface area contributed by atoms with Crippen molar-refractivity contribution < 1.29 is 36.8 Å². The van der Waals surface area contributed by atoms with E-state index in [1.54, 1.807) is 24.3 Å². The standard InChI is InChI=1S/C20H16F4N4O5/c1-32-13-2-4-14(5-3-13)33-15-7-11(6-12(8-15)28(30)31)25-18(29)10-27-17(20(23)24)9-16(26-27)19(21)22/h2-9,19-20H,10H2,1H3,(H,25,29). The van der Waals surface area contributed by atoms with Crippen LogP contribution < -0.4 is 14.8 Å². The lowest BCUT2D eigenvalue weighted by Gasteiger charge is -2.11. The van der Waals surface area contributed by atoms with E-state index in [1.165, 1.54) is 13.2 Å². The van der Waals surface area contributed by atoms with Crippen molar-refractivity contribution in [1.82, 2.24) is 9.78 Å². The molecule has 1 aromatic heterocycles. The van der Waals surface area contributed by atoms with Crippen LogP contribution in [0.3, 0.4) is 0 Å². The van der Waals surface area contributed by atoms with Gasteiger partial charge in [-0.3, -0.25) is 19.6 Å². The van der Waals surface area contributed by atoms with Crippen molar-refractivity contribution in [2.45, 2.75) is 19.4 Å². The van der Waals surface area contributed by atoms with Gasteiger partial charge in [0.05, 0.1) is 23.8 Å². The van der Waals surface area contributed by atoms with Crippen LogP contribution in [-0.2, 0) is 11.3 Å². The molecule has 3 rings (SSSR count). The number of carbonyl (C=O) groups is 1. The summed E-state index contributed by atoms with van der Waals surface area (Å²) in [5, 5.41) is 16.9. The minimum atomic E-state index is -3.14. The van der Waals surface area contributed by atoms with Gasteiger partial charge in [0, 0.05) is 12.1 Å². The molecule has 0 bridgehead atoms. The summed E-state index contributed by atoms with van der Waals surface area (Å²) in [7, 11) is 1.48. The van der Waals surface area contributed by atoms with Gasteiger partial charge >= 0.3 is 0 Å². The summed E-state index contributed by atoms with van der Waals surface area (Å²) in [4.78, 5) is 22.9. The number of nitrogens with one attached hydrogen (secondary N) is 1. The molecule has 0 saturated heterocycles. The van der Waals surface area contributed by atoms with Gasteiger partial charge in [0.1, 0.15) is 35.2 Å². The first-order valence-corrected chi connectivity index (χ1v) is 9.21. The van der Waals surface area contributed by atoms with Gasteiger partial charge in [0.15, 0.2) is 0 Å². The number of nitro benzene ring substituents is 1. The van der Waals surface area contributed by atoms with Crippen LogP contribution in [0.25, 0.3) is 0 Å². The van der Waals surface area contributed by atoms with Crippen LogP contribution in [0.5, 0.6) is 17.2 Å². The third-order valence-corrected chi connectivity index (χ3v) is 4.25. The fourth-order valence-electron chi connectivity index (χ4n) is 2.80. The zero-order valence-corrected chi connectivity index (χ0v) is 16.9. The number of methoxy groups -OCH3 is 1. The number of benzene rings is 2. The van der Waals surface area contributed by atoms with E-state index in [4.69, 9.17) is 9.47 Å². The molecule has 0 unspecified atom stereocenters. The van der Waals surface area contributed by atoms with Crippen LogP contribution in [0.1, 0.15) is 24.2 Å². The third-order valence-electron chi connectivity index (χ3n) is 4.25. The highest BCUT2D eigenvalue weighted by atomic mass is 19.3. The lowest BCUT2D eigenvalue weighted by molar-refractivity contribution is -0.384. The Bertz CT molecular complexity index is 1150. The number of hydrogen-bond donors (Lipinski definition) is 1. The minimum absolute atomic E-state index is 0.0111. The number of aromatic nitrogens is 2. The van der Waals surface area contributed by atoms with E-state index in [1.807, 2.05) is 0 Å². The first kappa shape index (κ1) is 23.5. The molecule has 0 fully saturated rings. The average molecular weight is 468 g/mol. The maximum Gasteiger partial charge on any atom is 0.282 e. The van der Waals surface area contributed by atoms with Crippen LogP contribution in [0, 0.1) is 10.1 Å². The molecule has 0 atom stereocenters. The molecular weight excluding hydrogens is 452 g/mol. The van der Waals surface area contributed by atoms with Crippen LogP contribution >= 0.6 is 0 Å². The molecule has 0 aliphatic carbocycles. The normalized spacial score (nSPS) is 11.0.